The molecule has 0 saturated carbocycles. The van der Waals surface area contributed by atoms with Crippen LogP contribution in [0.2, 0.25) is 0 Å². The van der Waals surface area contributed by atoms with Gasteiger partial charge in [-0.25, -0.2) is 0 Å². The van der Waals surface area contributed by atoms with Crippen molar-refractivity contribution in [3.8, 4) is 0 Å². The van der Waals surface area contributed by atoms with Gasteiger partial charge in [0, 0.05) is 6.42 Å². The molecule has 0 rings (SSSR count). The molecule has 0 bridgehead atoms. The van der Waals surface area contributed by atoms with Gasteiger partial charge in [-0.05, 0) is 77.0 Å². The van der Waals surface area contributed by atoms with E-state index in [2.05, 4.69) is 80.8 Å². The van der Waals surface area contributed by atoms with E-state index in [9.17, 15) is 19.8 Å². The number of carbonyl (C=O) groups is 2. The summed E-state index contributed by atoms with van der Waals surface area (Å²) in [6, 6.07) is -0.722. The monoisotopic (exact) mass is 990 g/mol. The smallest absolute Gasteiger partial charge is 0.306 e. The van der Waals surface area contributed by atoms with Gasteiger partial charge in [-0.1, -0.05) is 286 Å². The Morgan fingerprint density at radius 3 is 1.30 bits per heavy atom. The van der Waals surface area contributed by atoms with E-state index >= 15 is 0 Å². The summed E-state index contributed by atoms with van der Waals surface area (Å²) in [5.41, 5.74) is 0. The van der Waals surface area contributed by atoms with Crippen molar-refractivity contribution in [2.45, 2.75) is 309 Å². The molecule has 0 aromatic carbocycles. The topological polar surface area (TPSA) is 95.9 Å². The number of rotatable bonds is 54. The zero-order valence-electron chi connectivity index (χ0n) is 46.8. The summed E-state index contributed by atoms with van der Waals surface area (Å²) in [6.07, 6.45) is 76.5. The van der Waals surface area contributed by atoms with Crippen LogP contribution in [0.15, 0.2) is 85.1 Å². The Bertz CT molecular complexity index is 1340. The molecule has 0 spiro atoms. The van der Waals surface area contributed by atoms with Gasteiger partial charge in [0.2, 0.25) is 5.91 Å². The number of hydrogen-bond acceptors (Lipinski definition) is 5. The lowest BCUT2D eigenvalue weighted by Gasteiger charge is -2.24. The number of esters is 1. The average Bonchev–Trinajstić information content (AvgIpc) is 3.36. The third-order valence-electron chi connectivity index (χ3n) is 13.6. The summed E-state index contributed by atoms with van der Waals surface area (Å²) in [7, 11) is 0. The van der Waals surface area contributed by atoms with Gasteiger partial charge in [0.15, 0.2) is 0 Å². The van der Waals surface area contributed by atoms with E-state index in [-0.39, 0.29) is 24.9 Å². The maximum Gasteiger partial charge on any atom is 0.306 e. The zero-order chi connectivity index (χ0) is 51.6. The normalized spacial score (nSPS) is 13.7. The Balaban J connectivity index is 4.61. The molecule has 1 amide bonds. The van der Waals surface area contributed by atoms with Crippen LogP contribution in [0.3, 0.4) is 0 Å². The van der Waals surface area contributed by atoms with E-state index in [4.69, 9.17) is 4.74 Å². The highest BCUT2D eigenvalue weighted by Crippen LogP contribution is 2.18. The van der Waals surface area contributed by atoms with E-state index < -0.39 is 18.2 Å². The SMILES string of the molecule is CCC/C=C/C=C/C=C/C=C/C=C/CCCCCC(CC(=O)NC(CO)C(O)CCCCCCCCCCCCCCCCCCC)OC(=O)CCCCCCCCCCC/C=C\C/C=C\CCCCC. The van der Waals surface area contributed by atoms with Gasteiger partial charge in [0.25, 0.3) is 0 Å². The summed E-state index contributed by atoms with van der Waals surface area (Å²) in [5.74, 6) is -0.516. The number of hydrogen-bond donors (Lipinski definition) is 3. The number of unbranched alkanes of at least 4 members (excludes halogenated alkanes) is 32. The van der Waals surface area contributed by atoms with Crippen molar-refractivity contribution in [1.29, 1.82) is 0 Å². The highest BCUT2D eigenvalue weighted by atomic mass is 16.5. The second-order valence-corrected chi connectivity index (χ2v) is 20.5. The van der Waals surface area contributed by atoms with Gasteiger partial charge in [-0.2, -0.15) is 0 Å². The first-order valence-corrected chi connectivity index (χ1v) is 30.4. The van der Waals surface area contributed by atoms with E-state index in [0.29, 0.717) is 19.3 Å². The van der Waals surface area contributed by atoms with Crippen molar-refractivity contribution in [3.05, 3.63) is 85.1 Å². The molecule has 0 aromatic rings. The average molecular weight is 991 g/mol. The molecular weight excluding hydrogens is 875 g/mol. The van der Waals surface area contributed by atoms with Crippen LogP contribution >= 0.6 is 0 Å². The van der Waals surface area contributed by atoms with Crippen LogP contribution in [-0.2, 0) is 14.3 Å². The number of ether oxygens (including phenoxy) is 1. The van der Waals surface area contributed by atoms with E-state index in [1.54, 1.807) is 0 Å². The lowest BCUT2D eigenvalue weighted by Crippen LogP contribution is -2.46. The third kappa shape index (κ3) is 53.2. The maximum atomic E-state index is 13.3. The molecule has 3 N–H and O–H groups in total. The van der Waals surface area contributed by atoms with Crippen LogP contribution < -0.4 is 5.32 Å². The summed E-state index contributed by atoms with van der Waals surface area (Å²) in [6.45, 7) is 6.39. The molecule has 0 aliphatic rings. The standard InChI is InChI=1S/C65H115NO5/c1-4-7-10-13-16-19-22-25-28-31-32-34-37-40-43-46-49-52-55-58-65(70)71-61(56-53-50-47-44-41-38-35-30-27-24-21-18-15-12-9-6-3)59-64(69)66-62(60-67)63(68)57-54-51-48-45-42-39-36-33-29-26-23-20-17-14-11-8-5-2/h12,15-16,18-19,21,24-25,27-28,30,35,38,41,61-63,67-68H,4-11,13-14,17,20,22-23,26,29,31-34,36-37,39-40,42-60H2,1-3H3,(H,66,69)/b15-12+,19-16-,21-18+,27-24+,28-25-,35-30+,41-38+. The minimum atomic E-state index is -0.806. The van der Waals surface area contributed by atoms with Crippen molar-refractivity contribution in [2.24, 2.45) is 0 Å². The predicted octanol–water partition coefficient (Wildman–Crippen LogP) is 19.1. The molecule has 6 nitrogen and oxygen atoms in total. The van der Waals surface area contributed by atoms with Crippen molar-refractivity contribution in [3.63, 3.8) is 0 Å². The van der Waals surface area contributed by atoms with Crippen molar-refractivity contribution < 1.29 is 24.5 Å². The van der Waals surface area contributed by atoms with Crippen molar-refractivity contribution in [1.82, 2.24) is 5.32 Å². The summed E-state index contributed by atoms with van der Waals surface area (Å²) >= 11 is 0. The zero-order valence-corrected chi connectivity index (χ0v) is 46.8. The molecule has 0 aliphatic heterocycles. The fraction of sp³-hybridized carbons (Fsp3) is 0.754. The van der Waals surface area contributed by atoms with Gasteiger partial charge < -0.3 is 20.3 Å². The summed E-state index contributed by atoms with van der Waals surface area (Å²) < 4.78 is 5.95. The minimum Gasteiger partial charge on any atom is -0.462 e. The second-order valence-electron chi connectivity index (χ2n) is 20.5. The number of aliphatic hydroxyl groups is 2. The largest absolute Gasteiger partial charge is 0.462 e. The first-order chi connectivity index (χ1) is 35.0. The molecule has 0 heterocycles. The number of amides is 1. The number of allylic oxidation sites excluding steroid dienone is 14. The molecule has 71 heavy (non-hydrogen) atoms. The van der Waals surface area contributed by atoms with Crippen molar-refractivity contribution >= 4 is 11.9 Å². The molecule has 0 aromatic heterocycles. The number of aliphatic hydroxyl groups excluding tert-OH is 2. The van der Waals surface area contributed by atoms with Crippen LogP contribution in [0.1, 0.15) is 290 Å². The first kappa shape index (κ1) is 68.0. The Labute approximate surface area is 440 Å². The molecule has 6 heteroatoms. The Kier molecular flexibility index (Phi) is 55.5. The van der Waals surface area contributed by atoms with Gasteiger partial charge >= 0.3 is 5.97 Å². The van der Waals surface area contributed by atoms with Gasteiger partial charge in [0.05, 0.1) is 25.2 Å². The van der Waals surface area contributed by atoms with E-state index in [0.717, 1.165) is 77.0 Å². The maximum absolute atomic E-state index is 13.3. The molecule has 3 unspecified atom stereocenters. The minimum absolute atomic E-state index is 0.0450. The number of carbonyl (C=O) groups excluding carboxylic acids is 2. The number of nitrogens with one attached hydrogen (secondary N) is 1. The highest BCUT2D eigenvalue weighted by molar-refractivity contribution is 5.77. The van der Waals surface area contributed by atoms with Crippen LogP contribution in [0.5, 0.6) is 0 Å². The predicted molar refractivity (Wildman–Crippen MR) is 310 cm³/mol. The van der Waals surface area contributed by atoms with E-state index in [1.165, 1.54) is 167 Å². The Morgan fingerprint density at radius 1 is 0.423 bits per heavy atom. The molecule has 0 saturated heterocycles. The van der Waals surface area contributed by atoms with Crippen LogP contribution in [-0.4, -0.2) is 46.9 Å². The van der Waals surface area contributed by atoms with Crippen LogP contribution in [0, 0.1) is 0 Å². The second kappa shape index (κ2) is 57.9. The Morgan fingerprint density at radius 2 is 0.803 bits per heavy atom. The molecule has 3 atom stereocenters. The molecule has 0 radical (unpaired) electrons. The van der Waals surface area contributed by atoms with Gasteiger partial charge in [-0.3, -0.25) is 9.59 Å². The van der Waals surface area contributed by atoms with Crippen molar-refractivity contribution in [2.75, 3.05) is 6.61 Å². The van der Waals surface area contributed by atoms with E-state index in [1.807, 2.05) is 30.4 Å². The van der Waals surface area contributed by atoms with Crippen LogP contribution in [0.25, 0.3) is 0 Å². The third-order valence-corrected chi connectivity index (χ3v) is 13.6. The Hall–Kier alpha value is -2.96. The molecular formula is C65H115NO5. The van der Waals surface area contributed by atoms with Crippen LogP contribution in [0.4, 0.5) is 0 Å². The fourth-order valence-corrected chi connectivity index (χ4v) is 8.96. The lowest BCUT2D eigenvalue weighted by molar-refractivity contribution is -0.151. The fourth-order valence-electron chi connectivity index (χ4n) is 8.96. The first-order valence-electron chi connectivity index (χ1n) is 30.4. The molecule has 0 aliphatic carbocycles. The summed E-state index contributed by atoms with van der Waals surface area (Å²) in [4.78, 5) is 26.3. The van der Waals surface area contributed by atoms with Gasteiger partial charge in [-0.15, -0.1) is 0 Å². The summed E-state index contributed by atoms with van der Waals surface area (Å²) in [5, 5.41) is 23.9. The molecule has 0 fully saturated rings. The van der Waals surface area contributed by atoms with Gasteiger partial charge in [0.1, 0.15) is 6.10 Å². The molecule has 410 valence electrons. The quantitative estimate of drug-likeness (QED) is 0.0244. The highest BCUT2D eigenvalue weighted by Gasteiger charge is 2.24. The lowest BCUT2D eigenvalue weighted by atomic mass is 10.0.